The summed E-state index contributed by atoms with van der Waals surface area (Å²) < 4.78 is 2.15. The van der Waals surface area contributed by atoms with Gasteiger partial charge in [0.25, 0.3) is 0 Å². The first kappa shape index (κ1) is 17.1. The monoisotopic (exact) mass is 382 g/mol. The SMILES string of the molecule is CCc1nc2ccc(C)cn2c1N(C)c1nc(-c2ccc(Cl)cc2)cs1. The quantitative estimate of drug-likeness (QED) is 0.450. The largest absolute Gasteiger partial charge is 0.305 e. The number of fused-ring (bicyclic) bond motifs is 1. The maximum atomic E-state index is 5.99. The molecule has 132 valence electrons. The van der Waals surface area contributed by atoms with Crippen LogP contribution in [0.15, 0.2) is 48.0 Å². The predicted octanol–water partition coefficient (Wildman–Crippen LogP) is 5.75. The molecular formula is C20H19ClN4S. The van der Waals surface area contributed by atoms with Crippen LogP contribution in [0, 0.1) is 6.92 Å². The second-order valence-electron chi connectivity index (χ2n) is 6.25. The molecule has 0 fully saturated rings. The van der Waals surface area contributed by atoms with E-state index in [0.717, 1.165) is 45.0 Å². The normalized spacial score (nSPS) is 11.2. The van der Waals surface area contributed by atoms with Gasteiger partial charge in [0.05, 0.1) is 11.4 Å². The molecule has 6 heteroatoms. The van der Waals surface area contributed by atoms with Crippen LogP contribution in [0.1, 0.15) is 18.2 Å². The van der Waals surface area contributed by atoms with Gasteiger partial charge in [-0.25, -0.2) is 9.97 Å². The molecule has 0 unspecified atom stereocenters. The lowest BCUT2D eigenvalue weighted by Gasteiger charge is -2.17. The third-order valence-corrected chi connectivity index (χ3v) is 5.55. The molecule has 0 spiro atoms. The van der Waals surface area contributed by atoms with Gasteiger partial charge in [0.15, 0.2) is 5.13 Å². The Bertz CT molecular complexity index is 1070. The number of benzene rings is 1. The molecule has 3 aromatic heterocycles. The van der Waals surface area contributed by atoms with Crippen LogP contribution >= 0.6 is 22.9 Å². The Labute approximate surface area is 161 Å². The van der Waals surface area contributed by atoms with Crippen LogP contribution in [0.4, 0.5) is 10.9 Å². The van der Waals surface area contributed by atoms with Crippen LogP contribution in [0.25, 0.3) is 16.9 Å². The second-order valence-corrected chi connectivity index (χ2v) is 7.52. The minimum atomic E-state index is 0.731. The number of halogens is 1. The van der Waals surface area contributed by atoms with Gasteiger partial charge in [-0.05, 0) is 37.1 Å². The van der Waals surface area contributed by atoms with Gasteiger partial charge in [-0.3, -0.25) is 4.40 Å². The summed E-state index contributed by atoms with van der Waals surface area (Å²) >= 11 is 7.62. The number of aromatic nitrogens is 3. The van der Waals surface area contributed by atoms with Crippen molar-refractivity contribution in [3.05, 3.63) is 64.3 Å². The summed E-state index contributed by atoms with van der Waals surface area (Å²) in [7, 11) is 2.05. The van der Waals surface area contributed by atoms with Gasteiger partial charge in [-0.15, -0.1) is 11.3 Å². The zero-order valence-electron chi connectivity index (χ0n) is 14.9. The minimum absolute atomic E-state index is 0.731. The Morgan fingerprint density at radius 1 is 1.12 bits per heavy atom. The zero-order valence-corrected chi connectivity index (χ0v) is 16.5. The summed E-state index contributed by atoms with van der Waals surface area (Å²) in [5.41, 5.74) is 5.25. The zero-order chi connectivity index (χ0) is 18.3. The molecule has 0 radical (unpaired) electrons. The maximum absolute atomic E-state index is 5.99. The van der Waals surface area contributed by atoms with Gasteiger partial charge in [-0.1, -0.05) is 36.7 Å². The van der Waals surface area contributed by atoms with Gasteiger partial charge >= 0.3 is 0 Å². The third kappa shape index (κ3) is 2.97. The highest BCUT2D eigenvalue weighted by atomic mass is 35.5. The minimum Gasteiger partial charge on any atom is -0.305 e. The van der Waals surface area contributed by atoms with Crippen molar-refractivity contribution in [2.75, 3.05) is 11.9 Å². The molecule has 3 heterocycles. The van der Waals surface area contributed by atoms with Crippen LogP contribution in [-0.4, -0.2) is 21.4 Å². The molecule has 0 saturated carbocycles. The van der Waals surface area contributed by atoms with Gasteiger partial charge in [0.2, 0.25) is 0 Å². The second kappa shape index (κ2) is 6.74. The highest BCUT2D eigenvalue weighted by Gasteiger charge is 2.19. The van der Waals surface area contributed by atoms with Crippen molar-refractivity contribution in [3.8, 4) is 11.3 Å². The molecule has 0 saturated heterocycles. The van der Waals surface area contributed by atoms with E-state index in [1.807, 2.05) is 24.3 Å². The van der Waals surface area contributed by atoms with Crippen LogP contribution in [-0.2, 0) is 6.42 Å². The molecular weight excluding hydrogens is 364 g/mol. The molecule has 0 aliphatic carbocycles. The van der Waals surface area contributed by atoms with Gasteiger partial charge in [0.1, 0.15) is 11.5 Å². The molecule has 4 nitrogen and oxygen atoms in total. The fourth-order valence-electron chi connectivity index (χ4n) is 3.04. The number of imidazole rings is 1. The Balaban J connectivity index is 1.76. The van der Waals surface area contributed by atoms with E-state index < -0.39 is 0 Å². The maximum Gasteiger partial charge on any atom is 0.191 e. The standard InChI is InChI=1S/C20H19ClN4S/c1-4-16-19(25-11-13(2)5-10-18(25)22-16)24(3)20-23-17(12-26-20)14-6-8-15(21)9-7-14/h5-12H,4H2,1-3H3. The molecule has 4 aromatic rings. The van der Waals surface area contributed by atoms with E-state index >= 15 is 0 Å². The van der Waals surface area contributed by atoms with Crippen LogP contribution in [0.2, 0.25) is 5.02 Å². The molecule has 0 bridgehead atoms. The fourth-order valence-corrected chi connectivity index (χ4v) is 3.97. The van der Waals surface area contributed by atoms with E-state index in [-0.39, 0.29) is 0 Å². The highest BCUT2D eigenvalue weighted by molar-refractivity contribution is 7.14. The average molecular weight is 383 g/mol. The van der Waals surface area contributed by atoms with Crippen molar-refractivity contribution in [1.29, 1.82) is 0 Å². The Kier molecular flexibility index (Phi) is 4.42. The fraction of sp³-hybridized carbons (Fsp3) is 0.200. The lowest BCUT2D eigenvalue weighted by atomic mass is 10.2. The van der Waals surface area contributed by atoms with Crippen LogP contribution in [0.5, 0.6) is 0 Å². The summed E-state index contributed by atoms with van der Waals surface area (Å²) in [6.45, 7) is 4.23. The Morgan fingerprint density at radius 2 is 1.88 bits per heavy atom. The van der Waals surface area contributed by atoms with Crippen LogP contribution < -0.4 is 4.90 Å². The van der Waals surface area contributed by atoms with E-state index in [4.69, 9.17) is 21.6 Å². The number of thiazole rings is 1. The van der Waals surface area contributed by atoms with Crippen molar-refractivity contribution in [2.24, 2.45) is 0 Å². The number of hydrogen-bond acceptors (Lipinski definition) is 4. The van der Waals surface area contributed by atoms with E-state index in [0.29, 0.717) is 0 Å². The summed E-state index contributed by atoms with van der Waals surface area (Å²) in [5.74, 6) is 1.07. The van der Waals surface area contributed by atoms with Crippen LogP contribution in [0.3, 0.4) is 0 Å². The Morgan fingerprint density at radius 3 is 2.62 bits per heavy atom. The number of rotatable bonds is 4. The first-order chi connectivity index (χ1) is 12.6. The third-order valence-electron chi connectivity index (χ3n) is 4.38. The molecule has 0 atom stereocenters. The number of anilines is 2. The van der Waals surface area contributed by atoms with E-state index in [2.05, 4.69) is 53.9 Å². The number of aryl methyl sites for hydroxylation is 2. The molecule has 26 heavy (non-hydrogen) atoms. The topological polar surface area (TPSA) is 33.4 Å². The molecule has 1 aromatic carbocycles. The highest BCUT2D eigenvalue weighted by Crippen LogP contribution is 2.33. The lowest BCUT2D eigenvalue weighted by Crippen LogP contribution is -2.13. The van der Waals surface area contributed by atoms with Gasteiger partial charge in [-0.2, -0.15) is 0 Å². The summed E-state index contributed by atoms with van der Waals surface area (Å²) in [5, 5.41) is 3.75. The average Bonchev–Trinajstić information content (AvgIpc) is 3.26. The summed E-state index contributed by atoms with van der Waals surface area (Å²) in [4.78, 5) is 11.7. The first-order valence-corrected chi connectivity index (χ1v) is 9.75. The molecule has 0 aliphatic heterocycles. The van der Waals surface area contributed by atoms with Crippen molar-refractivity contribution in [3.63, 3.8) is 0 Å². The van der Waals surface area contributed by atoms with Gasteiger partial charge in [0, 0.05) is 29.2 Å². The molecule has 0 amide bonds. The van der Waals surface area contributed by atoms with Crippen molar-refractivity contribution < 1.29 is 0 Å². The summed E-state index contributed by atoms with van der Waals surface area (Å²) in [6, 6.07) is 11.9. The molecule has 4 rings (SSSR count). The van der Waals surface area contributed by atoms with Crippen molar-refractivity contribution in [1.82, 2.24) is 14.4 Å². The smallest absolute Gasteiger partial charge is 0.191 e. The number of hydrogen-bond donors (Lipinski definition) is 0. The number of pyridine rings is 1. The first-order valence-electron chi connectivity index (χ1n) is 8.49. The molecule has 0 aliphatic rings. The van der Waals surface area contributed by atoms with Crippen molar-refractivity contribution in [2.45, 2.75) is 20.3 Å². The van der Waals surface area contributed by atoms with Gasteiger partial charge < -0.3 is 4.90 Å². The Hall–Kier alpha value is -2.37. The lowest BCUT2D eigenvalue weighted by molar-refractivity contribution is 1.01. The number of nitrogens with zero attached hydrogens (tertiary/aromatic N) is 4. The van der Waals surface area contributed by atoms with E-state index in [9.17, 15) is 0 Å². The predicted molar refractivity (Wildman–Crippen MR) is 110 cm³/mol. The van der Waals surface area contributed by atoms with E-state index in [1.54, 1.807) is 11.3 Å². The summed E-state index contributed by atoms with van der Waals surface area (Å²) in [6.07, 6.45) is 3.00. The van der Waals surface area contributed by atoms with Crippen molar-refractivity contribution >= 4 is 39.5 Å². The van der Waals surface area contributed by atoms with E-state index in [1.165, 1.54) is 5.56 Å². The molecule has 0 N–H and O–H groups in total.